The average molecular weight is 529 g/mol. The highest BCUT2D eigenvalue weighted by molar-refractivity contribution is 5.90. The van der Waals surface area contributed by atoms with E-state index in [2.05, 4.69) is 0 Å². The van der Waals surface area contributed by atoms with E-state index in [-0.39, 0.29) is 36.7 Å². The van der Waals surface area contributed by atoms with Crippen molar-refractivity contribution < 1.29 is 46.2 Å². The van der Waals surface area contributed by atoms with Crippen molar-refractivity contribution in [2.45, 2.75) is 69.1 Å². The maximum atomic E-state index is 13.5. The van der Waals surface area contributed by atoms with Crippen LogP contribution in [0.1, 0.15) is 44.9 Å². The number of rotatable bonds is 5. The van der Waals surface area contributed by atoms with E-state index < -0.39 is 42.5 Å². The maximum absolute atomic E-state index is 13.5. The highest BCUT2D eigenvalue weighted by Gasteiger charge is 2.46. The Morgan fingerprint density at radius 3 is 2.06 bits per heavy atom. The first kappa shape index (κ1) is 29.7. The number of hydrogen-bond acceptors (Lipinski definition) is 5. The van der Waals surface area contributed by atoms with Gasteiger partial charge < -0.3 is 25.5 Å². The number of nitrogens with two attached hydrogens (primary N) is 1. The fourth-order valence-electron chi connectivity index (χ4n) is 5.06. The second kappa shape index (κ2) is 11.7. The summed E-state index contributed by atoms with van der Waals surface area (Å²) in [6.07, 6.45) is -1.03. The third-order valence-electron chi connectivity index (χ3n) is 6.92. The molecule has 3 fully saturated rings. The summed E-state index contributed by atoms with van der Waals surface area (Å²) in [5, 5.41) is 7.12. The van der Waals surface area contributed by atoms with Crippen LogP contribution in [-0.2, 0) is 19.2 Å². The number of nitrogens with zero attached hydrogens (tertiary/aromatic N) is 3. The Balaban J connectivity index is 0.000000572. The number of hydrogen-bond donors (Lipinski definition) is 2. The quantitative estimate of drug-likeness (QED) is 0.524. The summed E-state index contributed by atoms with van der Waals surface area (Å²) in [6, 6.07) is -0.950. The topological polar surface area (TPSA) is 124 Å². The van der Waals surface area contributed by atoms with Crippen molar-refractivity contribution in [2.24, 2.45) is 17.6 Å². The van der Waals surface area contributed by atoms with Crippen LogP contribution in [0.2, 0.25) is 0 Å². The van der Waals surface area contributed by atoms with Crippen LogP contribution >= 0.6 is 0 Å². The van der Waals surface area contributed by atoms with Gasteiger partial charge in [0.1, 0.15) is 0 Å². The fourth-order valence-corrected chi connectivity index (χ4v) is 5.06. The molecule has 2 aliphatic heterocycles. The van der Waals surface area contributed by atoms with Crippen LogP contribution in [0, 0.1) is 11.8 Å². The normalized spacial score (nSPS) is 25.6. The molecule has 1 saturated carbocycles. The zero-order valence-electron chi connectivity index (χ0n) is 20.3. The van der Waals surface area contributed by atoms with Gasteiger partial charge in [0, 0.05) is 46.1 Å². The molecule has 0 aromatic heterocycles. The second-order valence-electron chi connectivity index (χ2n) is 9.71. The minimum Gasteiger partial charge on any atom is -0.475 e. The van der Waals surface area contributed by atoms with E-state index in [0.29, 0.717) is 19.3 Å². The van der Waals surface area contributed by atoms with Gasteiger partial charge in [0.25, 0.3) is 5.92 Å². The molecule has 1 aliphatic carbocycles. The van der Waals surface area contributed by atoms with Gasteiger partial charge in [-0.05, 0) is 38.0 Å². The molecule has 206 valence electrons. The molecule has 0 radical (unpaired) electrons. The van der Waals surface area contributed by atoms with Crippen LogP contribution in [0.15, 0.2) is 0 Å². The molecule has 2 atom stereocenters. The molecule has 3 amide bonds. The number of likely N-dealkylation sites (tertiary alicyclic amines) is 2. The number of carboxylic acid groups (broad SMARTS) is 1. The van der Waals surface area contributed by atoms with Crippen molar-refractivity contribution in [3.8, 4) is 0 Å². The standard InChI is InChI=1S/C20H32F2N4O3.C2HF3O2/c1-24(2)18(28)16(17(23)19(29)25-11-9-20(21,22)12-25)13-5-7-14(8-6-13)26-10-3-4-15(26)27;3-2(4,5)1(6)7/h13-14,16-17H,3-12,23H2,1-2H3;(H,6,7)/t13?,14?,16-,17-;/m0./s1. The molecular weight excluding hydrogens is 495 g/mol. The zero-order chi connectivity index (χ0) is 27.4. The third-order valence-corrected chi connectivity index (χ3v) is 6.92. The molecule has 3 aliphatic rings. The Morgan fingerprint density at radius 1 is 1.11 bits per heavy atom. The number of alkyl halides is 5. The lowest BCUT2D eigenvalue weighted by Crippen LogP contribution is -2.54. The van der Waals surface area contributed by atoms with E-state index in [0.717, 1.165) is 30.7 Å². The minimum absolute atomic E-state index is 0.0355. The highest BCUT2D eigenvalue weighted by Crippen LogP contribution is 2.37. The SMILES string of the molecule is CN(C)C(=O)[C@@H](C1CCC(N2CCCC2=O)CC1)[C@H](N)C(=O)N1CCC(F)(F)C1.O=C(O)C(F)(F)F. The third kappa shape index (κ3) is 7.50. The van der Waals surface area contributed by atoms with Gasteiger partial charge in [0.15, 0.2) is 0 Å². The van der Waals surface area contributed by atoms with Crippen molar-refractivity contribution in [3.05, 3.63) is 0 Å². The molecule has 3 rings (SSSR count). The molecule has 2 heterocycles. The van der Waals surface area contributed by atoms with Crippen molar-refractivity contribution >= 4 is 23.7 Å². The molecular formula is C22H33F5N4O5. The predicted octanol–water partition coefficient (Wildman–Crippen LogP) is 1.70. The zero-order valence-corrected chi connectivity index (χ0v) is 20.3. The Morgan fingerprint density at radius 2 is 1.67 bits per heavy atom. The summed E-state index contributed by atoms with van der Waals surface area (Å²) >= 11 is 0. The second-order valence-corrected chi connectivity index (χ2v) is 9.71. The molecule has 9 nitrogen and oxygen atoms in total. The molecule has 0 aromatic carbocycles. The number of carbonyl (C=O) groups is 4. The summed E-state index contributed by atoms with van der Waals surface area (Å²) < 4.78 is 58.8. The van der Waals surface area contributed by atoms with Crippen LogP contribution in [0.4, 0.5) is 22.0 Å². The molecule has 36 heavy (non-hydrogen) atoms. The van der Waals surface area contributed by atoms with E-state index in [9.17, 15) is 36.3 Å². The molecule has 2 saturated heterocycles. The summed E-state index contributed by atoms with van der Waals surface area (Å²) in [6.45, 7) is 0.119. The first-order valence-corrected chi connectivity index (χ1v) is 11.8. The van der Waals surface area contributed by atoms with Crippen molar-refractivity contribution in [3.63, 3.8) is 0 Å². The lowest BCUT2D eigenvalue weighted by Gasteiger charge is -2.39. The molecule has 14 heteroatoms. The molecule has 0 aromatic rings. The number of carbonyl (C=O) groups excluding carboxylic acids is 3. The smallest absolute Gasteiger partial charge is 0.475 e. The van der Waals surface area contributed by atoms with Crippen LogP contribution in [-0.4, -0.2) is 101 Å². The fraction of sp³-hybridized carbons (Fsp3) is 0.818. The lowest BCUT2D eigenvalue weighted by atomic mass is 9.74. The van der Waals surface area contributed by atoms with Crippen LogP contribution in [0.25, 0.3) is 0 Å². The number of amides is 3. The van der Waals surface area contributed by atoms with E-state index in [1.165, 1.54) is 4.90 Å². The van der Waals surface area contributed by atoms with Gasteiger partial charge in [-0.2, -0.15) is 13.2 Å². The Kier molecular flexibility index (Phi) is 9.65. The number of aliphatic carboxylic acids is 1. The van der Waals surface area contributed by atoms with Crippen LogP contribution in [0.5, 0.6) is 0 Å². The molecule has 0 spiro atoms. The van der Waals surface area contributed by atoms with E-state index in [1.807, 2.05) is 4.90 Å². The van der Waals surface area contributed by atoms with Gasteiger partial charge in [0.05, 0.1) is 18.5 Å². The maximum Gasteiger partial charge on any atom is 0.490 e. The Bertz CT molecular complexity index is 830. The Hall–Kier alpha value is -2.51. The highest BCUT2D eigenvalue weighted by atomic mass is 19.4. The lowest BCUT2D eigenvalue weighted by molar-refractivity contribution is -0.192. The van der Waals surface area contributed by atoms with Gasteiger partial charge in [-0.25, -0.2) is 13.6 Å². The van der Waals surface area contributed by atoms with Crippen LogP contribution < -0.4 is 5.73 Å². The van der Waals surface area contributed by atoms with Crippen molar-refractivity contribution in [2.75, 3.05) is 33.7 Å². The molecule has 3 N–H and O–H groups in total. The monoisotopic (exact) mass is 528 g/mol. The number of carboxylic acids is 1. The summed E-state index contributed by atoms with van der Waals surface area (Å²) in [4.78, 5) is 51.1. The van der Waals surface area contributed by atoms with E-state index in [1.54, 1.807) is 14.1 Å². The molecule has 0 unspecified atom stereocenters. The average Bonchev–Trinajstić information content (AvgIpc) is 3.38. The first-order chi connectivity index (χ1) is 16.5. The minimum atomic E-state index is -5.08. The van der Waals surface area contributed by atoms with E-state index >= 15 is 0 Å². The van der Waals surface area contributed by atoms with Gasteiger partial charge >= 0.3 is 12.1 Å². The first-order valence-electron chi connectivity index (χ1n) is 11.8. The van der Waals surface area contributed by atoms with Crippen LogP contribution in [0.3, 0.4) is 0 Å². The van der Waals surface area contributed by atoms with Crippen molar-refractivity contribution in [1.82, 2.24) is 14.7 Å². The van der Waals surface area contributed by atoms with Gasteiger partial charge in [-0.1, -0.05) is 0 Å². The summed E-state index contributed by atoms with van der Waals surface area (Å²) in [5.74, 6) is -7.10. The largest absolute Gasteiger partial charge is 0.490 e. The predicted molar refractivity (Wildman–Crippen MR) is 117 cm³/mol. The summed E-state index contributed by atoms with van der Waals surface area (Å²) in [7, 11) is 3.23. The Labute approximate surface area is 205 Å². The van der Waals surface area contributed by atoms with Gasteiger partial charge in [-0.15, -0.1) is 0 Å². The summed E-state index contributed by atoms with van der Waals surface area (Å²) in [5.41, 5.74) is 6.23. The number of halogens is 5. The van der Waals surface area contributed by atoms with E-state index in [4.69, 9.17) is 15.6 Å². The van der Waals surface area contributed by atoms with Gasteiger partial charge in [0.2, 0.25) is 17.7 Å². The molecule has 0 bridgehead atoms. The van der Waals surface area contributed by atoms with Gasteiger partial charge in [-0.3, -0.25) is 14.4 Å². The van der Waals surface area contributed by atoms with Crippen molar-refractivity contribution in [1.29, 1.82) is 0 Å².